The number of fused-ring (bicyclic) bond motifs is 6. The van der Waals surface area contributed by atoms with Crippen LogP contribution in [-0.4, -0.2) is 16.4 Å². The van der Waals surface area contributed by atoms with E-state index in [0.717, 1.165) is 40.8 Å². The minimum absolute atomic E-state index is 0.365. The van der Waals surface area contributed by atoms with E-state index in [1.54, 1.807) is 18.3 Å². The first-order valence-electron chi connectivity index (χ1n) is 13.2. The largest absolute Gasteiger partial charge is 0.507 e. The van der Waals surface area contributed by atoms with E-state index < -0.39 is 0 Å². The van der Waals surface area contributed by atoms with Gasteiger partial charge in [0.05, 0.1) is 5.52 Å². The summed E-state index contributed by atoms with van der Waals surface area (Å²) in [6.45, 7) is 0. The van der Waals surface area contributed by atoms with Crippen molar-refractivity contribution in [2.24, 2.45) is 0 Å². The van der Waals surface area contributed by atoms with Crippen LogP contribution in [-0.2, 0) is 12.8 Å². The molecule has 0 amide bonds. The summed E-state index contributed by atoms with van der Waals surface area (Å²) in [6, 6.07) is 34.8. The third-order valence-electron chi connectivity index (χ3n) is 7.69. The fraction of sp³-hybridized carbons (Fsp3) is 0.143. The van der Waals surface area contributed by atoms with Crippen molar-refractivity contribution in [3.63, 3.8) is 0 Å². The van der Waals surface area contributed by atoms with Crippen LogP contribution in [0.15, 0.2) is 109 Å². The van der Waals surface area contributed by atoms with Gasteiger partial charge >= 0.3 is 0 Å². The highest BCUT2D eigenvalue weighted by Crippen LogP contribution is 2.40. The van der Waals surface area contributed by atoms with Crippen LogP contribution in [0.25, 0.3) is 32.4 Å². The zero-order valence-corrected chi connectivity index (χ0v) is 21.2. The minimum Gasteiger partial charge on any atom is -0.507 e. The van der Waals surface area contributed by atoms with Gasteiger partial charge in [0.1, 0.15) is 12.0 Å². The average Bonchev–Trinajstić information content (AvgIpc) is 2.98. The van der Waals surface area contributed by atoms with Crippen LogP contribution in [0.4, 0.5) is 0 Å². The van der Waals surface area contributed by atoms with Gasteiger partial charge in [-0.3, -0.25) is 9.78 Å². The molecule has 1 N–H and O–H groups in total. The maximum Gasteiger partial charge on any atom is 0.150 e. The molecule has 7 rings (SSSR count). The van der Waals surface area contributed by atoms with Gasteiger partial charge in [-0.15, -0.1) is 0 Å². The molecule has 5 aromatic carbocycles. The molecule has 0 aliphatic heterocycles. The van der Waals surface area contributed by atoms with Gasteiger partial charge in [-0.2, -0.15) is 0 Å². The number of pyridine rings is 1. The molecule has 0 saturated carbocycles. The summed E-state index contributed by atoms with van der Waals surface area (Å²) < 4.78 is 0. The first-order valence-corrected chi connectivity index (χ1v) is 13.2. The van der Waals surface area contributed by atoms with Crippen molar-refractivity contribution in [3.8, 4) is 5.75 Å². The highest BCUT2D eigenvalue weighted by atomic mass is 16.3. The van der Waals surface area contributed by atoms with E-state index in [2.05, 4.69) is 65.6 Å². The molecule has 0 spiro atoms. The molecule has 3 nitrogen and oxygen atoms in total. The second-order valence-electron chi connectivity index (χ2n) is 10.0. The zero-order chi connectivity index (χ0) is 25.9. The number of carbonyl (C=O) groups excluding carboxylic acids is 1. The molecule has 1 aromatic heterocycles. The molecule has 1 aliphatic rings. The molecule has 1 unspecified atom stereocenters. The molecule has 1 aliphatic carbocycles. The maximum atomic E-state index is 10.4. The Morgan fingerprint density at radius 2 is 1.61 bits per heavy atom. The molecule has 1 atom stereocenters. The molecule has 1 heterocycles. The molecule has 0 saturated heterocycles. The van der Waals surface area contributed by atoms with Gasteiger partial charge in [0.25, 0.3) is 0 Å². The van der Waals surface area contributed by atoms with Crippen LogP contribution in [0.3, 0.4) is 0 Å². The Morgan fingerprint density at radius 3 is 2.47 bits per heavy atom. The molecule has 0 fully saturated rings. The van der Waals surface area contributed by atoms with E-state index in [4.69, 9.17) is 0 Å². The van der Waals surface area contributed by atoms with Gasteiger partial charge in [-0.1, -0.05) is 72.8 Å². The molecule has 3 heteroatoms. The second-order valence-corrected chi connectivity index (χ2v) is 10.0. The lowest BCUT2D eigenvalue weighted by atomic mass is 9.77. The Hall–Kier alpha value is -4.50. The van der Waals surface area contributed by atoms with Gasteiger partial charge < -0.3 is 5.11 Å². The number of aromatic nitrogens is 1. The van der Waals surface area contributed by atoms with Crippen LogP contribution in [0.5, 0.6) is 5.75 Å². The van der Waals surface area contributed by atoms with E-state index in [1.165, 1.54) is 40.3 Å². The first-order chi connectivity index (χ1) is 18.7. The summed E-state index contributed by atoms with van der Waals surface area (Å²) in [5.41, 5.74) is 6.07. The Morgan fingerprint density at radius 1 is 0.789 bits per heavy atom. The lowest BCUT2D eigenvalue weighted by Gasteiger charge is -2.27. The number of aldehydes is 1. The number of hydrogen-bond donors (Lipinski definition) is 1. The van der Waals surface area contributed by atoms with Gasteiger partial charge in [-0.25, -0.2) is 0 Å². The van der Waals surface area contributed by atoms with Crippen LogP contribution >= 0.6 is 0 Å². The average molecular weight is 496 g/mol. The van der Waals surface area contributed by atoms with Crippen molar-refractivity contribution < 1.29 is 9.90 Å². The van der Waals surface area contributed by atoms with Crippen LogP contribution in [0, 0.1) is 0 Å². The predicted octanol–water partition coefficient (Wildman–Crippen LogP) is 8.41. The predicted molar refractivity (Wildman–Crippen MR) is 156 cm³/mol. The Labute approximate surface area is 222 Å². The Balaban J connectivity index is 0.000000184. The summed E-state index contributed by atoms with van der Waals surface area (Å²) in [5.74, 6) is 0.967. The molecule has 186 valence electrons. The number of benzene rings is 5. The monoisotopic (exact) mass is 495 g/mol. The minimum atomic E-state index is 0.365. The number of phenols is 1. The third-order valence-corrected chi connectivity index (χ3v) is 7.69. The zero-order valence-electron chi connectivity index (χ0n) is 21.2. The van der Waals surface area contributed by atoms with Crippen LogP contribution in [0.2, 0.25) is 0 Å². The van der Waals surface area contributed by atoms with Crippen molar-refractivity contribution in [1.82, 2.24) is 4.98 Å². The molecule has 0 radical (unpaired) electrons. The SMILES string of the molecule is O=Cc1ccc2ncccc2c1.Oc1cccc2c1ccc1c3c(ccc12)C(Cc1ccccc1)CCC3. The molecule has 0 bridgehead atoms. The fourth-order valence-corrected chi connectivity index (χ4v) is 5.86. The van der Waals surface area contributed by atoms with Gasteiger partial charge in [0.15, 0.2) is 0 Å². The second kappa shape index (κ2) is 10.5. The molecular weight excluding hydrogens is 466 g/mol. The van der Waals surface area contributed by atoms with Crippen LogP contribution < -0.4 is 0 Å². The quantitative estimate of drug-likeness (QED) is 0.198. The van der Waals surface area contributed by atoms with Crippen molar-refractivity contribution in [3.05, 3.63) is 132 Å². The van der Waals surface area contributed by atoms with Gasteiger partial charge in [0.2, 0.25) is 0 Å². The smallest absolute Gasteiger partial charge is 0.150 e. The van der Waals surface area contributed by atoms with Crippen molar-refractivity contribution in [1.29, 1.82) is 0 Å². The first kappa shape index (κ1) is 23.9. The number of nitrogens with zero attached hydrogens (tertiary/aromatic N) is 1. The Bertz CT molecular complexity index is 1760. The summed E-state index contributed by atoms with van der Waals surface area (Å²) >= 11 is 0. The van der Waals surface area contributed by atoms with Crippen LogP contribution in [0.1, 0.15) is 45.8 Å². The fourth-order valence-electron chi connectivity index (χ4n) is 5.86. The topological polar surface area (TPSA) is 50.2 Å². The van der Waals surface area contributed by atoms with E-state index >= 15 is 0 Å². The summed E-state index contributed by atoms with van der Waals surface area (Å²) in [7, 11) is 0. The number of phenolic OH excluding ortho intramolecular Hbond substituents is 1. The molecule has 38 heavy (non-hydrogen) atoms. The Kier molecular flexibility index (Phi) is 6.58. The van der Waals surface area contributed by atoms with Crippen molar-refractivity contribution >= 4 is 38.7 Å². The van der Waals surface area contributed by atoms with Gasteiger partial charge in [0, 0.05) is 22.5 Å². The lowest BCUT2D eigenvalue weighted by Crippen LogP contribution is -2.12. The third kappa shape index (κ3) is 4.64. The molecular formula is C35H29NO2. The number of hydrogen-bond acceptors (Lipinski definition) is 3. The highest BCUT2D eigenvalue weighted by Gasteiger charge is 2.22. The van der Waals surface area contributed by atoms with E-state index in [0.29, 0.717) is 17.2 Å². The lowest BCUT2D eigenvalue weighted by molar-refractivity contribution is 0.112. The van der Waals surface area contributed by atoms with Gasteiger partial charge in [-0.05, 0) is 94.8 Å². The number of carbonyl (C=O) groups is 1. The standard InChI is InChI=1S/C25H22O.C10H7NO/c26-25-11-5-10-21-23-13-12-19-18(16-17-6-2-1-3-7-17)8-4-9-20(19)22(23)14-15-24(21)25;12-7-8-3-4-10-9(6-8)2-1-5-11-10/h1-3,5-7,10-15,18,26H,4,8-9,16H2;1-7H. The number of aryl methyl sites for hydroxylation is 1. The number of aromatic hydroxyl groups is 1. The number of rotatable bonds is 3. The summed E-state index contributed by atoms with van der Waals surface area (Å²) in [4.78, 5) is 14.6. The highest BCUT2D eigenvalue weighted by molar-refractivity contribution is 6.10. The van der Waals surface area contributed by atoms with Crippen molar-refractivity contribution in [2.75, 3.05) is 0 Å². The van der Waals surface area contributed by atoms with Crippen molar-refractivity contribution in [2.45, 2.75) is 31.6 Å². The normalized spacial score (nSPS) is 14.6. The van der Waals surface area contributed by atoms with E-state index in [-0.39, 0.29) is 0 Å². The maximum absolute atomic E-state index is 10.4. The molecule has 6 aromatic rings. The van der Waals surface area contributed by atoms with E-state index in [1.807, 2.05) is 30.3 Å². The van der Waals surface area contributed by atoms with E-state index in [9.17, 15) is 9.90 Å². The summed E-state index contributed by atoms with van der Waals surface area (Å²) in [5, 5.41) is 15.9. The summed E-state index contributed by atoms with van der Waals surface area (Å²) in [6.07, 6.45) is 7.37.